The zero-order valence-electron chi connectivity index (χ0n) is 17.9. The second-order valence-corrected chi connectivity index (χ2v) is 9.58. The van der Waals surface area contributed by atoms with Crippen molar-refractivity contribution >= 4 is 21.6 Å². The summed E-state index contributed by atoms with van der Waals surface area (Å²) in [6, 6.07) is 13.8. The number of hydrogen-bond acceptors (Lipinski definition) is 4. The van der Waals surface area contributed by atoms with Crippen molar-refractivity contribution in [3.05, 3.63) is 59.7 Å². The number of carbonyl (C=O) groups is 1. The van der Waals surface area contributed by atoms with Crippen LogP contribution in [0.3, 0.4) is 0 Å². The van der Waals surface area contributed by atoms with E-state index in [0.29, 0.717) is 23.8 Å². The van der Waals surface area contributed by atoms with Crippen molar-refractivity contribution in [3.8, 4) is 0 Å². The summed E-state index contributed by atoms with van der Waals surface area (Å²) in [7, 11) is -3.76. The van der Waals surface area contributed by atoms with Gasteiger partial charge in [0.15, 0.2) is 0 Å². The second-order valence-electron chi connectivity index (χ2n) is 7.90. The second kappa shape index (κ2) is 12.1. The van der Waals surface area contributed by atoms with E-state index < -0.39 is 10.0 Å². The summed E-state index contributed by atoms with van der Waals surface area (Å²) in [4.78, 5) is 12.5. The number of rotatable bonds is 9. The third-order valence-corrected chi connectivity index (χ3v) is 6.77. The molecule has 0 aromatic heterocycles. The molecule has 0 heterocycles. The fraction of sp³-hybridized carbons (Fsp3) is 0.435. The van der Waals surface area contributed by atoms with Crippen molar-refractivity contribution < 1.29 is 25.6 Å². The van der Waals surface area contributed by atoms with Gasteiger partial charge in [-0.25, -0.2) is 8.42 Å². The molecule has 0 radical (unpaired) electrons. The Morgan fingerprint density at radius 2 is 1.71 bits per heavy atom. The molecule has 0 aliphatic heterocycles. The first-order valence-electron chi connectivity index (χ1n) is 10.7. The molecule has 0 spiro atoms. The normalized spacial score (nSPS) is 14.5. The number of benzene rings is 2. The number of aryl methyl sites for hydroxylation is 1. The first kappa shape index (κ1) is 25.2. The fourth-order valence-corrected chi connectivity index (χ4v) is 4.75. The van der Waals surface area contributed by atoms with E-state index >= 15 is 0 Å². The van der Waals surface area contributed by atoms with E-state index in [9.17, 15) is 13.2 Å². The predicted octanol–water partition coefficient (Wildman–Crippen LogP) is 0.842. The molecule has 8 heteroatoms. The molecule has 3 rings (SSSR count). The van der Waals surface area contributed by atoms with Crippen molar-refractivity contribution in [1.29, 1.82) is 0 Å². The highest BCUT2D eigenvalue weighted by molar-refractivity contribution is 7.92. The lowest BCUT2D eigenvalue weighted by Gasteiger charge is -2.22. The first-order chi connectivity index (χ1) is 14.4. The summed E-state index contributed by atoms with van der Waals surface area (Å²) in [6.07, 6.45) is 7.26. The average Bonchev–Trinajstić information content (AvgIpc) is 2.76. The Bertz CT molecular complexity index is 943. The van der Waals surface area contributed by atoms with Crippen LogP contribution in [0, 0.1) is 6.92 Å². The summed E-state index contributed by atoms with van der Waals surface area (Å²) in [5.41, 5.74) is 1.87. The van der Waals surface area contributed by atoms with Crippen LogP contribution in [0.15, 0.2) is 53.4 Å². The van der Waals surface area contributed by atoms with Gasteiger partial charge in [0.25, 0.3) is 15.9 Å². The number of sulfonamides is 1. The van der Waals surface area contributed by atoms with Crippen LogP contribution in [0.5, 0.6) is 0 Å². The Morgan fingerprint density at radius 1 is 1.00 bits per heavy atom. The molecule has 0 bridgehead atoms. The zero-order valence-corrected chi connectivity index (χ0v) is 19.4. The third-order valence-electron chi connectivity index (χ3n) is 5.39. The lowest BCUT2D eigenvalue weighted by Crippen LogP contribution is -3.00. The third kappa shape index (κ3) is 7.83. The van der Waals surface area contributed by atoms with Gasteiger partial charge < -0.3 is 23.0 Å². The van der Waals surface area contributed by atoms with Crippen molar-refractivity contribution in [2.75, 3.05) is 17.8 Å². The molecule has 3 N–H and O–H groups in total. The van der Waals surface area contributed by atoms with Crippen LogP contribution in [-0.2, 0) is 10.0 Å². The molecular formula is C23H31ClN3O3S-. The predicted molar refractivity (Wildman–Crippen MR) is 120 cm³/mol. The highest BCUT2D eigenvalue weighted by Crippen LogP contribution is 2.18. The number of amides is 1. The van der Waals surface area contributed by atoms with Crippen LogP contribution in [-0.4, -0.2) is 33.5 Å². The van der Waals surface area contributed by atoms with E-state index in [0.717, 1.165) is 18.5 Å². The number of carbonyl (C=O) groups excluding carboxylic acids is 1. The summed E-state index contributed by atoms with van der Waals surface area (Å²) in [6.45, 7) is 3.36. The van der Waals surface area contributed by atoms with E-state index in [1.165, 1.54) is 44.2 Å². The molecule has 170 valence electrons. The minimum Gasteiger partial charge on any atom is -1.00 e. The van der Waals surface area contributed by atoms with Gasteiger partial charge in [0, 0.05) is 23.8 Å². The Kier molecular flexibility index (Phi) is 9.81. The topological polar surface area (TPSA) is 87.3 Å². The lowest BCUT2D eigenvalue weighted by molar-refractivity contribution is -0.0000171. The van der Waals surface area contributed by atoms with Gasteiger partial charge in [0.2, 0.25) is 0 Å². The van der Waals surface area contributed by atoms with Gasteiger partial charge in [0.05, 0.1) is 4.90 Å². The SMILES string of the molecule is Cc1ccc(NS(=O)(=O)c2cccc(C(=O)NCCCNC3CCCCC3)c2)cc1.[Cl-]. The highest BCUT2D eigenvalue weighted by atomic mass is 35.5. The molecule has 1 fully saturated rings. The monoisotopic (exact) mass is 464 g/mol. The van der Waals surface area contributed by atoms with Crippen molar-refractivity contribution in [1.82, 2.24) is 10.6 Å². The van der Waals surface area contributed by atoms with Gasteiger partial charge in [-0.2, -0.15) is 0 Å². The molecule has 0 unspecified atom stereocenters. The van der Waals surface area contributed by atoms with Crippen LogP contribution in [0.25, 0.3) is 0 Å². The molecule has 2 aromatic rings. The maximum absolute atomic E-state index is 12.7. The molecular weight excluding hydrogens is 434 g/mol. The smallest absolute Gasteiger partial charge is 0.261 e. The van der Waals surface area contributed by atoms with Crippen molar-refractivity contribution in [2.24, 2.45) is 0 Å². The molecule has 0 saturated heterocycles. The van der Waals surface area contributed by atoms with Crippen LogP contribution < -0.4 is 27.8 Å². The fourth-order valence-electron chi connectivity index (χ4n) is 3.65. The van der Waals surface area contributed by atoms with Crippen LogP contribution >= 0.6 is 0 Å². The van der Waals surface area contributed by atoms with E-state index in [4.69, 9.17) is 0 Å². The standard InChI is InChI=1S/C23H31N3O3S.ClH/c1-18-11-13-21(14-12-18)26-30(28,29)22-10-5-7-19(17-22)23(27)25-16-6-15-24-20-8-3-2-4-9-20;/h5,7,10-14,17,20,24,26H,2-4,6,8-9,15-16H2,1H3,(H,25,27);1H/p-1. The Labute approximate surface area is 191 Å². The lowest BCUT2D eigenvalue weighted by atomic mass is 9.95. The Hall–Kier alpha value is -2.09. The molecule has 2 aromatic carbocycles. The van der Waals surface area contributed by atoms with Gasteiger partial charge in [-0.3, -0.25) is 9.52 Å². The van der Waals surface area contributed by atoms with E-state index in [1.807, 2.05) is 19.1 Å². The molecule has 31 heavy (non-hydrogen) atoms. The van der Waals surface area contributed by atoms with Crippen molar-refractivity contribution in [3.63, 3.8) is 0 Å². The summed E-state index contributed by atoms with van der Waals surface area (Å²) in [5.74, 6) is -0.264. The number of nitrogens with one attached hydrogen (secondary N) is 3. The maximum atomic E-state index is 12.7. The number of anilines is 1. The average molecular weight is 465 g/mol. The molecule has 1 amide bonds. The van der Waals surface area contributed by atoms with Crippen molar-refractivity contribution in [2.45, 2.75) is 56.4 Å². The summed E-state index contributed by atoms with van der Waals surface area (Å²) >= 11 is 0. The quantitative estimate of drug-likeness (QED) is 0.480. The molecule has 1 aliphatic rings. The highest BCUT2D eigenvalue weighted by Gasteiger charge is 2.17. The van der Waals surface area contributed by atoms with Gasteiger partial charge in [-0.1, -0.05) is 43.0 Å². The molecule has 0 atom stereocenters. The minimum absolute atomic E-state index is 0. The number of halogens is 1. The van der Waals surface area contributed by atoms with E-state index in [-0.39, 0.29) is 23.2 Å². The van der Waals surface area contributed by atoms with E-state index in [1.54, 1.807) is 24.3 Å². The molecule has 1 saturated carbocycles. The van der Waals surface area contributed by atoms with Gasteiger partial charge >= 0.3 is 0 Å². The van der Waals surface area contributed by atoms with Crippen LogP contribution in [0.4, 0.5) is 5.69 Å². The number of hydrogen-bond donors (Lipinski definition) is 3. The largest absolute Gasteiger partial charge is 1.00 e. The zero-order chi connectivity index (χ0) is 21.4. The van der Waals surface area contributed by atoms with E-state index in [2.05, 4.69) is 15.4 Å². The molecule has 1 aliphatic carbocycles. The summed E-state index contributed by atoms with van der Waals surface area (Å²) < 4.78 is 27.9. The molecule has 6 nitrogen and oxygen atoms in total. The summed E-state index contributed by atoms with van der Waals surface area (Å²) in [5, 5.41) is 6.43. The van der Waals surface area contributed by atoms with Gasteiger partial charge in [-0.15, -0.1) is 0 Å². The van der Waals surface area contributed by atoms with Gasteiger partial charge in [-0.05, 0) is 63.1 Å². The Morgan fingerprint density at radius 3 is 2.42 bits per heavy atom. The first-order valence-corrected chi connectivity index (χ1v) is 12.1. The Balaban J connectivity index is 0.00000341. The maximum Gasteiger partial charge on any atom is 0.261 e. The van der Waals surface area contributed by atoms with Gasteiger partial charge in [0.1, 0.15) is 0 Å². The van der Waals surface area contributed by atoms with Crippen LogP contribution in [0.2, 0.25) is 0 Å². The van der Waals surface area contributed by atoms with Crippen LogP contribution in [0.1, 0.15) is 54.4 Å². The minimum atomic E-state index is -3.76.